The zero-order valence-electron chi connectivity index (χ0n) is 16.3. The largest absolute Gasteiger partial charge is 0.384 e. The minimum absolute atomic E-state index is 0.0314. The summed E-state index contributed by atoms with van der Waals surface area (Å²) in [5.74, 6) is 1.09. The van der Waals surface area contributed by atoms with E-state index in [-0.39, 0.29) is 36.8 Å². The number of hydrazine groups is 1. The highest BCUT2D eigenvalue weighted by Gasteiger charge is 2.44. The van der Waals surface area contributed by atoms with Crippen molar-refractivity contribution in [1.82, 2.24) is 15.6 Å². The highest BCUT2D eigenvalue weighted by molar-refractivity contribution is 14.1. The Balaban J connectivity index is 1.87. The lowest BCUT2D eigenvalue weighted by Crippen LogP contribution is -2.68. The van der Waals surface area contributed by atoms with Crippen LogP contribution in [-0.4, -0.2) is 54.2 Å². The van der Waals surface area contributed by atoms with E-state index in [9.17, 15) is 23.1 Å². The number of carbonyl (C=O) groups excluding carboxylic acids is 1. The quantitative estimate of drug-likeness (QED) is 0.128. The number of halogens is 4. The maximum absolute atomic E-state index is 14.7. The highest BCUT2D eigenvalue weighted by Crippen LogP contribution is 2.35. The fourth-order valence-electron chi connectivity index (χ4n) is 3.31. The second-order valence-corrected chi connectivity index (χ2v) is 8.42. The monoisotopic (exact) mass is 548 g/mol. The Hall–Kier alpha value is -2.58. The van der Waals surface area contributed by atoms with Crippen molar-refractivity contribution in [2.24, 2.45) is 5.84 Å². The lowest BCUT2D eigenvalue weighted by Gasteiger charge is -2.46. The van der Waals surface area contributed by atoms with Crippen LogP contribution in [0.5, 0.6) is 0 Å². The zero-order chi connectivity index (χ0) is 22.9. The van der Waals surface area contributed by atoms with Crippen LogP contribution in [0.1, 0.15) is 10.4 Å². The molecule has 0 atom stereocenters. The number of nitrogens with two attached hydrogens (primary N) is 1. The van der Waals surface area contributed by atoms with Gasteiger partial charge in [0, 0.05) is 17.2 Å². The van der Waals surface area contributed by atoms with Crippen LogP contribution < -0.4 is 21.5 Å². The van der Waals surface area contributed by atoms with Crippen molar-refractivity contribution in [1.29, 1.82) is 5.41 Å². The van der Waals surface area contributed by atoms with Gasteiger partial charge in [0.1, 0.15) is 11.4 Å². The lowest BCUT2D eigenvalue weighted by atomic mass is 9.92. The summed E-state index contributed by atoms with van der Waals surface area (Å²) in [4.78, 5) is 15.3. The topological polar surface area (TPSA) is 118 Å². The van der Waals surface area contributed by atoms with Crippen molar-refractivity contribution in [3.8, 4) is 0 Å². The molecule has 0 bridgehead atoms. The Morgan fingerprint density at radius 2 is 1.97 bits per heavy atom. The normalized spacial score (nSPS) is 14.6. The number of guanidine groups is 1. The number of aliphatic hydroxyl groups is 1. The molecule has 2 aromatic carbocycles. The summed E-state index contributed by atoms with van der Waals surface area (Å²) in [6.45, 7) is -0.244. The third-order valence-electron chi connectivity index (χ3n) is 4.90. The predicted molar refractivity (Wildman–Crippen MR) is 117 cm³/mol. The maximum Gasteiger partial charge on any atom is 0.256 e. The van der Waals surface area contributed by atoms with Crippen LogP contribution >= 0.6 is 22.6 Å². The van der Waals surface area contributed by atoms with Gasteiger partial charge in [-0.05, 0) is 52.9 Å². The van der Waals surface area contributed by atoms with Crippen molar-refractivity contribution >= 4 is 45.8 Å². The number of β-amino-alcohol motifs (C(OH)–C–C–N with tert-alkyl or cyclic N) is 1. The van der Waals surface area contributed by atoms with Crippen LogP contribution in [0.3, 0.4) is 0 Å². The van der Waals surface area contributed by atoms with Crippen molar-refractivity contribution in [3.05, 3.63) is 56.9 Å². The average molecular weight is 548 g/mol. The van der Waals surface area contributed by atoms with Crippen molar-refractivity contribution in [3.63, 3.8) is 0 Å². The first-order chi connectivity index (χ1) is 14.6. The molecule has 8 nitrogen and oxygen atoms in total. The van der Waals surface area contributed by atoms with Crippen LogP contribution in [-0.2, 0) is 0 Å². The molecule has 12 heteroatoms. The van der Waals surface area contributed by atoms with Gasteiger partial charge in [-0.1, -0.05) is 0 Å². The Morgan fingerprint density at radius 1 is 1.29 bits per heavy atom. The summed E-state index contributed by atoms with van der Waals surface area (Å²) >= 11 is 1.92. The van der Waals surface area contributed by atoms with E-state index in [0.29, 0.717) is 3.57 Å². The van der Waals surface area contributed by atoms with Gasteiger partial charge in [0.25, 0.3) is 5.91 Å². The molecule has 166 valence electrons. The van der Waals surface area contributed by atoms with E-state index in [1.165, 1.54) is 24.1 Å². The maximum atomic E-state index is 14.7. The smallest absolute Gasteiger partial charge is 0.256 e. The first-order valence-corrected chi connectivity index (χ1v) is 10.1. The molecule has 2 aromatic rings. The summed E-state index contributed by atoms with van der Waals surface area (Å²) in [6.07, 6.45) is 0. The van der Waals surface area contributed by atoms with Crippen LogP contribution in [0.4, 0.5) is 24.5 Å². The van der Waals surface area contributed by atoms with Crippen LogP contribution in [0.15, 0.2) is 30.3 Å². The average Bonchev–Trinajstić information content (AvgIpc) is 2.70. The molecular weight excluding hydrogens is 528 g/mol. The van der Waals surface area contributed by atoms with Crippen LogP contribution in [0.25, 0.3) is 0 Å². The van der Waals surface area contributed by atoms with E-state index in [4.69, 9.17) is 11.3 Å². The van der Waals surface area contributed by atoms with Gasteiger partial charge in [-0.2, -0.15) is 0 Å². The van der Waals surface area contributed by atoms with Gasteiger partial charge in [0.2, 0.25) is 5.96 Å². The number of benzene rings is 2. The molecule has 0 aromatic heterocycles. The first-order valence-electron chi connectivity index (χ1n) is 9.04. The van der Waals surface area contributed by atoms with Crippen LogP contribution in [0, 0.1) is 26.4 Å². The number of anilines is 2. The molecule has 1 aliphatic heterocycles. The number of rotatable bonds is 5. The van der Waals surface area contributed by atoms with E-state index in [0.717, 1.165) is 17.0 Å². The van der Waals surface area contributed by atoms with E-state index in [2.05, 4.69) is 10.7 Å². The molecular formula is C19H20F3IN6O2. The molecule has 0 radical (unpaired) electrons. The van der Waals surface area contributed by atoms with Gasteiger partial charge in [-0.15, -0.1) is 0 Å². The number of hydrogen-bond donors (Lipinski definition) is 5. The molecule has 0 saturated carbocycles. The molecule has 0 unspecified atom stereocenters. The summed E-state index contributed by atoms with van der Waals surface area (Å²) in [5, 5.41) is 20.3. The zero-order valence-corrected chi connectivity index (χ0v) is 18.5. The van der Waals surface area contributed by atoms with Gasteiger partial charge < -0.3 is 20.2 Å². The fraction of sp³-hybridized carbons (Fsp3) is 0.263. The second-order valence-electron chi connectivity index (χ2n) is 7.17. The standard InChI is InChI=1S/C19H20F3IN6O2/c1-28(14-5-2-10(23)6-13(14)21)16-11(3-4-12(20)15(16)22)17(30)29-8-19(31,9-29)7-26-18(24)27-25/h2-6,31H,7-9,25H2,1H3,(H3,24,26,27). The molecule has 1 heterocycles. The molecule has 0 spiro atoms. The minimum atomic E-state index is -1.31. The highest BCUT2D eigenvalue weighted by atomic mass is 127. The Bertz CT molecular complexity index is 1030. The Kier molecular flexibility index (Phi) is 6.62. The summed E-state index contributed by atoms with van der Waals surface area (Å²) < 4.78 is 43.8. The van der Waals surface area contributed by atoms with E-state index < -0.39 is 34.6 Å². The number of likely N-dealkylation sites (tertiary alicyclic amines) is 1. The van der Waals surface area contributed by atoms with Crippen LogP contribution in [0.2, 0.25) is 0 Å². The second kappa shape index (κ2) is 8.88. The minimum Gasteiger partial charge on any atom is -0.384 e. The van der Waals surface area contributed by atoms with Gasteiger partial charge in [0.15, 0.2) is 11.6 Å². The summed E-state index contributed by atoms with van der Waals surface area (Å²) in [6, 6.07) is 6.20. The number of amides is 1. The molecule has 0 aliphatic carbocycles. The fourth-order valence-corrected chi connectivity index (χ4v) is 3.76. The van der Waals surface area contributed by atoms with Gasteiger partial charge in [-0.25, -0.2) is 19.0 Å². The molecule has 31 heavy (non-hydrogen) atoms. The number of nitrogens with one attached hydrogen (secondary N) is 3. The Labute approximate surface area is 189 Å². The Morgan fingerprint density at radius 3 is 2.58 bits per heavy atom. The van der Waals surface area contributed by atoms with Gasteiger partial charge in [0.05, 0.1) is 30.0 Å². The molecule has 6 N–H and O–H groups in total. The molecule has 1 amide bonds. The number of carbonyl (C=O) groups is 1. The SMILES string of the molecule is CN(c1ccc(I)cc1F)c1c(C(=O)N2CC(O)(CNC(=N)NN)C2)ccc(F)c1F. The third-order valence-corrected chi connectivity index (χ3v) is 5.57. The molecule has 1 saturated heterocycles. The first kappa shape index (κ1) is 23.1. The van der Waals surface area contributed by atoms with Crippen molar-refractivity contribution in [2.45, 2.75) is 5.60 Å². The van der Waals surface area contributed by atoms with Crippen molar-refractivity contribution in [2.75, 3.05) is 31.6 Å². The lowest BCUT2D eigenvalue weighted by molar-refractivity contribution is -0.0762. The third kappa shape index (κ3) is 4.70. The summed E-state index contributed by atoms with van der Waals surface area (Å²) in [5.41, 5.74) is 0.137. The number of hydrogen-bond acceptors (Lipinski definition) is 5. The van der Waals surface area contributed by atoms with Gasteiger partial charge >= 0.3 is 0 Å². The van der Waals surface area contributed by atoms with Gasteiger partial charge in [-0.3, -0.25) is 15.6 Å². The predicted octanol–water partition coefficient (Wildman–Crippen LogP) is 1.65. The van der Waals surface area contributed by atoms with E-state index in [1.807, 2.05) is 22.6 Å². The molecule has 1 aliphatic rings. The van der Waals surface area contributed by atoms with E-state index >= 15 is 0 Å². The van der Waals surface area contributed by atoms with Crippen molar-refractivity contribution < 1.29 is 23.1 Å². The van der Waals surface area contributed by atoms with E-state index in [1.54, 1.807) is 6.07 Å². The number of nitrogens with zero attached hydrogens (tertiary/aromatic N) is 2. The molecule has 3 rings (SSSR count). The molecule has 1 fully saturated rings. The summed E-state index contributed by atoms with van der Waals surface area (Å²) in [7, 11) is 1.34.